The smallest absolute Gasteiger partial charge is 0.262 e. The summed E-state index contributed by atoms with van der Waals surface area (Å²) in [6.07, 6.45) is 0.866. The summed E-state index contributed by atoms with van der Waals surface area (Å²) in [6.45, 7) is 3.81. The van der Waals surface area contributed by atoms with Gasteiger partial charge in [0.15, 0.2) is 6.61 Å². The first-order valence-electron chi connectivity index (χ1n) is 8.07. The van der Waals surface area contributed by atoms with E-state index in [9.17, 15) is 9.59 Å². The molecule has 0 aliphatic rings. The van der Waals surface area contributed by atoms with Gasteiger partial charge in [-0.05, 0) is 49.7 Å². The number of hydrogen-bond acceptors (Lipinski definition) is 3. The van der Waals surface area contributed by atoms with Crippen LogP contribution in [0.25, 0.3) is 0 Å². The van der Waals surface area contributed by atoms with Crippen LogP contribution in [0.3, 0.4) is 0 Å². The highest BCUT2D eigenvalue weighted by Crippen LogP contribution is 2.23. The monoisotopic (exact) mass is 360 g/mol. The second-order valence-corrected chi connectivity index (χ2v) is 6.03. The van der Waals surface area contributed by atoms with Crippen molar-refractivity contribution < 1.29 is 14.3 Å². The molecule has 25 heavy (non-hydrogen) atoms. The lowest BCUT2D eigenvalue weighted by Crippen LogP contribution is -2.31. The van der Waals surface area contributed by atoms with Crippen molar-refractivity contribution >= 4 is 29.1 Å². The van der Waals surface area contributed by atoms with Gasteiger partial charge in [-0.3, -0.25) is 9.59 Å². The summed E-state index contributed by atoms with van der Waals surface area (Å²) in [7, 11) is 0. The van der Waals surface area contributed by atoms with Crippen LogP contribution in [0.1, 0.15) is 30.6 Å². The van der Waals surface area contributed by atoms with Gasteiger partial charge in [0.2, 0.25) is 0 Å². The van der Waals surface area contributed by atoms with E-state index in [1.807, 2.05) is 13.8 Å². The average Bonchev–Trinajstić information content (AvgIpc) is 2.61. The van der Waals surface area contributed by atoms with E-state index in [0.717, 1.165) is 6.42 Å². The Kier molecular flexibility index (Phi) is 6.83. The molecule has 0 aliphatic carbocycles. The van der Waals surface area contributed by atoms with Crippen LogP contribution in [0.15, 0.2) is 48.5 Å². The van der Waals surface area contributed by atoms with Gasteiger partial charge >= 0.3 is 0 Å². The molecule has 1 unspecified atom stereocenters. The van der Waals surface area contributed by atoms with Crippen LogP contribution in [-0.4, -0.2) is 24.5 Å². The summed E-state index contributed by atoms with van der Waals surface area (Å²) in [5.41, 5.74) is 1.14. The molecule has 2 amide bonds. The number of para-hydroxylation sites is 1. The van der Waals surface area contributed by atoms with Crippen LogP contribution >= 0.6 is 11.6 Å². The number of rotatable bonds is 7. The highest BCUT2D eigenvalue weighted by Gasteiger charge is 2.09. The van der Waals surface area contributed by atoms with E-state index in [4.69, 9.17) is 16.3 Å². The van der Waals surface area contributed by atoms with E-state index in [-0.39, 0.29) is 24.5 Å². The van der Waals surface area contributed by atoms with Gasteiger partial charge in [0.05, 0.1) is 5.02 Å². The first kappa shape index (κ1) is 18.8. The quantitative estimate of drug-likeness (QED) is 0.787. The molecule has 0 aromatic heterocycles. The number of amides is 2. The van der Waals surface area contributed by atoms with Gasteiger partial charge in [-0.25, -0.2) is 0 Å². The molecule has 2 aromatic rings. The van der Waals surface area contributed by atoms with Gasteiger partial charge in [0.25, 0.3) is 11.8 Å². The number of nitrogens with one attached hydrogen (secondary N) is 2. The lowest BCUT2D eigenvalue weighted by atomic mass is 10.1. The van der Waals surface area contributed by atoms with Crippen molar-refractivity contribution in [1.82, 2.24) is 5.32 Å². The summed E-state index contributed by atoms with van der Waals surface area (Å²) >= 11 is 5.97. The van der Waals surface area contributed by atoms with E-state index in [2.05, 4.69) is 10.6 Å². The minimum Gasteiger partial charge on any atom is -0.482 e. The van der Waals surface area contributed by atoms with Gasteiger partial charge in [-0.15, -0.1) is 0 Å². The molecule has 0 aliphatic heterocycles. The average molecular weight is 361 g/mol. The van der Waals surface area contributed by atoms with E-state index in [1.165, 1.54) is 0 Å². The summed E-state index contributed by atoms with van der Waals surface area (Å²) in [5, 5.41) is 6.05. The standard InChI is InChI=1S/C19H21ClN2O3/c1-3-13(2)21-19(24)14-8-10-15(11-9-14)22-18(23)12-25-17-7-5-4-6-16(17)20/h4-11,13H,3,12H2,1-2H3,(H,21,24)(H,22,23). The lowest BCUT2D eigenvalue weighted by molar-refractivity contribution is -0.118. The number of benzene rings is 2. The largest absolute Gasteiger partial charge is 0.482 e. The number of ether oxygens (including phenoxy) is 1. The molecule has 132 valence electrons. The molecule has 2 N–H and O–H groups in total. The van der Waals surface area contributed by atoms with Crippen molar-refractivity contribution in [3.05, 3.63) is 59.1 Å². The van der Waals surface area contributed by atoms with Gasteiger partial charge < -0.3 is 15.4 Å². The first-order chi connectivity index (χ1) is 12.0. The maximum Gasteiger partial charge on any atom is 0.262 e. The number of hydrogen-bond donors (Lipinski definition) is 2. The molecule has 0 heterocycles. The Labute approximate surface area is 152 Å². The van der Waals surface area contributed by atoms with E-state index >= 15 is 0 Å². The van der Waals surface area contributed by atoms with Gasteiger partial charge in [0, 0.05) is 17.3 Å². The summed E-state index contributed by atoms with van der Waals surface area (Å²) in [4.78, 5) is 23.9. The van der Waals surface area contributed by atoms with Crippen molar-refractivity contribution in [2.45, 2.75) is 26.3 Å². The maximum atomic E-state index is 12.0. The molecule has 0 spiro atoms. The van der Waals surface area contributed by atoms with E-state index < -0.39 is 0 Å². The lowest BCUT2D eigenvalue weighted by Gasteiger charge is -2.12. The third kappa shape index (κ3) is 5.80. The Morgan fingerprint density at radius 1 is 1.12 bits per heavy atom. The summed E-state index contributed by atoms with van der Waals surface area (Å²) in [6, 6.07) is 13.8. The number of halogens is 1. The molecule has 0 bridgehead atoms. The Balaban J connectivity index is 1.87. The molecule has 2 rings (SSSR count). The number of carbonyl (C=O) groups is 2. The van der Waals surface area contributed by atoms with Crippen LogP contribution in [-0.2, 0) is 4.79 Å². The van der Waals surface area contributed by atoms with Gasteiger partial charge in [-0.1, -0.05) is 30.7 Å². The second kappa shape index (κ2) is 9.08. The van der Waals surface area contributed by atoms with Crippen LogP contribution in [0.5, 0.6) is 5.75 Å². The second-order valence-electron chi connectivity index (χ2n) is 5.63. The number of carbonyl (C=O) groups excluding carboxylic acids is 2. The molecule has 0 saturated carbocycles. The molecule has 1 atom stereocenters. The zero-order valence-electron chi connectivity index (χ0n) is 14.2. The fraction of sp³-hybridized carbons (Fsp3) is 0.263. The van der Waals surface area contributed by atoms with Crippen molar-refractivity contribution in [2.75, 3.05) is 11.9 Å². The van der Waals surface area contributed by atoms with E-state index in [0.29, 0.717) is 22.0 Å². The topological polar surface area (TPSA) is 67.4 Å². The fourth-order valence-corrected chi connectivity index (χ4v) is 2.21. The Morgan fingerprint density at radius 3 is 2.44 bits per heavy atom. The zero-order chi connectivity index (χ0) is 18.2. The molecule has 0 fully saturated rings. The minimum absolute atomic E-state index is 0.119. The molecule has 2 aromatic carbocycles. The van der Waals surface area contributed by atoms with Crippen LogP contribution in [0.2, 0.25) is 5.02 Å². The third-order valence-corrected chi connectivity index (χ3v) is 3.93. The molecular weight excluding hydrogens is 340 g/mol. The highest BCUT2D eigenvalue weighted by atomic mass is 35.5. The number of anilines is 1. The van der Waals surface area contributed by atoms with Gasteiger partial charge in [-0.2, -0.15) is 0 Å². The van der Waals surface area contributed by atoms with Crippen LogP contribution in [0, 0.1) is 0 Å². The Morgan fingerprint density at radius 2 is 1.80 bits per heavy atom. The third-order valence-electron chi connectivity index (χ3n) is 3.62. The normalized spacial score (nSPS) is 11.5. The Bertz CT molecular complexity index is 732. The summed E-state index contributed by atoms with van der Waals surface area (Å²) in [5.74, 6) is 0.0161. The molecule has 5 nitrogen and oxygen atoms in total. The van der Waals surface area contributed by atoms with Crippen molar-refractivity contribution in [3.8, 4) is 5.75 Å². The predicted molar refractivity (Wildman–Crippen MR) is 99.2 cm³/mol. The van der Waals surface area contributed by atoms with E-state index in [1.54, 1.807) is 48.5 Å². The molecule has 0 saturated heterocycles. The van der Waals surface area contributed by atoms with Crippen molar-refractivity contribution in [2.24, 2.45) is 0 Å². The maximum absolute atomic E-state index is 12.0. The van der Waals surface area contributed by atoms with Crippen LogP contribution in [0.4, 0.5) is 5.69 Å². The summed E-state index contributed by atoms with van der Waals surface area (Å²) < 4.78 is 5.38. The molecular formula is C19H21ClN2O3. The minimum atomic E-state index is -0.309. The van der Waals surface area contributed by atoms with Gasteiger partial charge in [0.1, 0.15) is 5.75 Å². The zero-order valence-corrected chi connectivity index (χ0v) is 15.0. The Hall–Kier alpha value is -2.53. The first-order valence-corrected chi connectivity index (χ1v) is 8.45. The predicted octanol–water partition coefficient (Wildman–Crippen LogP) is 3.89. The van der Waals surface area contributed by atoms with Crippen molar-refractivity contribution in [1.29, 1.82) is 0 Å². The molecule has 0 radical (unpaired) electrons. The highest BCUT2D eigenvalue weighted by molar-refractivity contribution is 6.32. The SMILES string of the molecule is CCC(C)NC(=O)c1ccc(NC(=O)COc2ccccc2Cl)cc1. The fourth-order valence-electron chi connectivity index (χ4n) is 2.02. The van der Waals surface area contributed by atoms with Crippen LogP contribution < -0.4 is 15.4 Å². The van der Waals surface area contributed by atoms with Crippen molar-refractivity contribution in [3.63, 3.8) is 0 Å². The molecule has 6 heteroatoms.